The van der Waals surface area contributed by atoms with E-state index in [0.29, 0.717) is 13.0 Å². The number of amides is 2. The van der Waals surface area contributed by atoms with E-state index in [0.717, 1.165) is 0 Å². The summed E-state index contributed by atoms with van der Waals surface area (Å²) in [6.45, 7) is 2.42. The number of rotatable bonds is 2. The van der Waals surface area contributed by atoms with E-state index in [-0.39, 0.29) is 23.6 Å². The van der Waals surface area contributed by atoms with Crippen molar-refractivity contribution in [1.29, 1.82) is 0 Å². The van der Waals surface area contributed by atoms with Crippen LogP contribution in [0, 0.1) is 0 Å². The van der Waals surface area contributed by atoms with Crippen LogP contribution in [0.25, 0.3) is 0 Å². The Labute approximate surface area is 91.0 Å². The Hall–Kier alpha value is -0.780. The molecule has 1 heterocycles. The minimum absolute atomic E-state index is 0.111. The first kappa shape index (κ1) is 12.3. The van der Waals surface area contributed by atoms with Crippen molar-refractivity contribution in [3.05, 3.63) is 0 Å². The number of carbonyl (C=O) groups is 1. The third-order valence-electron chi connectivity index (χ3n) is 2.62. The molecule has 1 fully saturated rings. The van der Waals surface area contributed by atoms with Gasteiger partial charge in [-0.3, -0.25) is 0 Å². The fourth-order valence-electron chi connectivity index (χ4n) is 1.83. The van der Waals surface area contributed by atoms with Crippen LogP contribution in [0.3, 0.4) is 0 Å². The van der Waals surface area contributed by atoms with Crippen molar-refractivity contribution < 1.29 is 13.2 Å². The van der Waals surface area contributed by atoms with Crippen molar-refractivity contribution in [3.8, 4) is 0 Å². The third kappa shape index (κ3) is 2.84. The average Bonchev–Trinajstić information content (AvgIpc) is 2.47. The highest BCUT2D eigenvalue weighted by molar-refractivity contribution is 7.91. The molecule has 88 valence electrons. The summed E-state index contributed by atoms with van der Waals surface area (Å²) in [7, 11) is 0.428. The van der Waals surface area contributed by atoms with Crippen LogP contribution in [-0.4, -0.2) is 62.4 Å². The molecule has 0 bridgehead atoms. The third-order valence-corrected chi connectivity index (χ3v) is 4.37. The number of hydrogen-bond donors (Lipinski definition) is 0. The largest absolute Gasteiger partial charge is 0.331 e. The van der Waals surface area contributed by atoms with Gasteiger partial charge in [0.1, 0.15) is 0 Å². The Morgan fingerprint density at radius 3 is 2.33 bits per heavy atom. The summed E-state index contributed by atoms with van der Waals surface area (Å²) in [6.07, 6.45) is 0.565. The van der Waals surface area contributed by atoms with Gasteiger partial charge in [-0.05, 0) is 13.3 Å². The molecule has 0 aromatic heterocycles. The topological polar surface area (TPSA) is 57.7 Å². The van der Waals surface area contributed by atoms with Crippen LogP contribution < -0.4 is 0 Å². The predicted molar refractivity (Wildman–Crippen MR) is 58.5 cm³/mol. The summed E-state index contributed by atoms with van der Waals surface area (Å²) in [6, 6.07) is -0.255. The monoisotopic (exact) mass is 234 g/mol. The highest BCUT2D eigenvalue weighted by Gasteiger charge is 2.34. The van der Waals surface area contributed by atoms with Crippen LogP contribution in [0.1, 0.15) is 13.3 Å². The zero-order valence-corrected chi connectivity index (χ0v) is 10.2. The zero-order chi connectivity index (χ0) is 11.6. The molecule has 1 rings (SSSR count). The number of hydrogen-bond acceptors (Lipinski definition) is 3. The smallest absolute Gasteiger partial charge is 0.319 e. The van der Waals surface area contributed by atoms with E-state index in [2.05, 4.69) is 0 Å². The van der Waals surface area contributed by atoms with Gasteiger partial charge < -0.3 is 9.80 Å². The second kappa shape index (κ2) is 4.38. The first-order chi connectivity index (χ1) is 6.87. The van der Waals surface area contributed by atoms with Crippen molar-refractivity contribution in [3.63, 3.8) is 0 Å². The van der Waals surface area contributed by atoms with Gasteiger partial charge in [0.25, 0.3) is 0 Å². The number of nitrogens with zero attached hydrogens (tertiary/aromatic N) is 2. The predicted octanol–water partition coefficient (Wildman–Crippen LogP) is 0.177. The van der Waals surface area contributed by atoms with Crippen LogP contribution in [0.4, 0.5) is 4.79 Å². The lowest BCUT2D eigenvalue weighted by molar-refractivity contribution is 0.157. The van der Waals surface area contributed by atoms with Gasteiger partial charge in [-0.25, -0.2) is 13.2 Å². The summed E-state index contributed by atoms with van der Waals surface area (Å²) in [5, 5.41) is 0. The summed E-state index contributed by atoms with van der Waals surface area (Å²) in [5.74, 6) is 0.315. The summed E-state index contributed by atoms with van der Waals surface area (Å²) in [5.41, 5.74) is 0. The lowest BCUT2D eigenvalue weighted by Crippen LogP contribution is -2.46. The van der Waals surface area contributed by atoms with Crippen LogP contribution in [0.2, 0.25) is 0 Å². The van der Waals surface area contributed by atoms with Gasteiger partial charge in [-0.1, -0.05) is 0 Å². The lowest BCUT2D eigenvalue weighted by atomic mass is 10.2. The van der Waals surface area contributed by atoms with Gasteiger partial charge in [-0.2, -0.15) is 0 Å². The lowest BCUT2D eigenvalue weighted by Gasteiger charge is -2.29. The summed E-state index contributed by atoms with van der Waals surface area (Å²) < 4.78 is 22.6. The molecule has 1 aliphatic rings. The normalized spacial score (nSPS) is 23.8. The molecule has 0 aromatic rings. The molecule has 0 N–H and O–H groups in total. The molecule has 0 radical (unpaired) electrons. The second-order valence-corrected chi connectivity index (χ2v) is 6.25. The van der Waals surface area contributed by atoms with Crippen LogP contribution in [-0.2, 0) is 9.84 Å². The first-order valence-corrected chi connectivity index (χ1v) is 6.88. The van der Waals surface area contributed by atoms with Gasteiger partial charge in [0.15, 0.2) is 9.84 Å². The molecule has 15 heavy (non-hydrogen) atoms. The molecule has 0 saturated carbocycles. The SMILES string of the molecule is CCN(C(=O)N(C)C)C1CCS(=O)(=O)C1. The average molecular weight is 234 g/mol. The maximum atomic E-state index is 11.7. The van der Waals surface area contributed by atoms with E-state index < -0.39 is 9.84 Å². The van der Waals surface area contributed by atoms with Crippen molar-refractivity contribution in [1.82, 2.24) is 9.80 Å². The summed E-state index contributed by atoms with van der Waals surface area (Å²) >= 11 is 0. The maximum Gasteiger partial charge on any atom is 0.319 e. The number of carbonyl (C=O) groups excluding carboxylic acids is 1. The van der Waals surface area contributed by atoms with E-state index in [1.54, 1.807) is 19.0 Å². The molecule has 1 atom stereocenters. The van der Waals surface area contributed by atoms with E-state index in [1.807, 2.05) is 6.92 Å². The second-order valence-electron chi connectivity index (χ2n) is 4.02. The van der Waals surface area contributed by atoms with Crippen LogP contribution in [0.15, 0.2) is 0 Å². The van der Waals surface area contributed by atoms with Crippen LogP contribution >= 0.6 is 0 Å². The van der Waals surface area contributed by atoms with E-state index in [9.17, 15) is 13.2 Å². The molecule has 5 nitrogen and oxygen atoms in total. The van der Waals surface area contributed by atoms with Gasteiger partial charge >= 0.3 is 6.03 Å². The van der Waals surface area contributed by atoms with Crippen molar-refractivity contribution >= 4 is 15.9 Å². The quantitative estimate of drug-likeness (QED) is 0.684. The van der Waals surface area contributed by atoms with Crippen LogP contribution in [0.5, 0.6) is 0 Å². The minimum atomic E-state index is -2.92. The van der Waals surface area contributed by atoms with Crippen molar-refractivity contribution in [2.24, 2.45) is 0 Å². The van der Waals surface area contributed by atoms with Crippen molar-refractivity contribution in [2.45, 2.75) is 19.4 Å². The standard InChI is InChI=1S/C9H18N2O3S/c1-4-11(9(12)10(2)3)8-5-6-15(13,14)7-8/h8H,4-7H2,1-3H3. The molecule has 0 aliphatic carbocycles. The Morgan fingerprint density at radius 1 is 1.40 bits per heavy atom. The highest BCUT2D eigenvalue weighted by atomic mass is 32.2. The molecule has 6 heteroatoms. The summed E-state index contributed by atoms with van der Waals surface area (Å²) in [4.78, 5) is 14.8. The number of urea groups is 1. The maximum absolute atomic E-state index is 11.7. The molecular formula is C9H18N2O3S. The van der Waals surface area contributed by atoms with Gasteiger partial charge in [-0.15, -0.1) is 0 Å². The number of sulfone groups is 1. The molecule has 0 spiro atoms. The molecule has 1 saturated heterocycles. The minimum Gasteiger partial charge on any atom is -0.331 e. The Kier molecular flexibility index (Phi) is 3.59. The molecule has 0 aromatic carbocycles. The van der Waals surface area contributed by atoms with E-state index in [4.69, 9.17) is 0 Å². The van der Waals surface area contributed by atoms with E-state index in [1.165, 1.54) is 4.90 Å². The van der Waals surface area contributed by atoms with Gasteiger partial charge in [0, 0.05) is 26.7 Å². The Bertz CT molecular complexity index is 337. The van der Waals surface area contributed by atoms with Gasteiger partial charge in [0.05, 0.1) is 11.5 Å². The Morgan fingerprint density at radius 2 is 2.00 bits per heavy atom. The fourth-order valence-corrected chi connectivity index (χ4v) is 3.56. The van der Waals surface area contributed by atoms with E-state index >= 15 is 0 Å². The van der Waals surface area contributed by atoms with Crippen molar-refractivity contribution in [2.75, 3.05) is 32.1 Å². The zero-order valence-electron chi connectivity index (χ0n) is 9.43. The molecular weight excluding hydrogens is 216 g/mol. The Balaban J connectivity index is 2.73. The molecule has 1 aliphatic heterocycles. The van der Waals surface area contributed by atoms with Gasteiger partial charge in [0.2, 0.25) is 0 Å². The molecule has 1 unspecified atom stereocenters. The molecule has 2 amide bonds. The fraction of sp³-hybridized carbons (Fsp3) is 0.889. The highest BCUT2D eigenvalue weighted by Crippen LogP contribution is 2.18. The first-order valence-electron chi connectivity index (χ1n) is 5.05.